The highest BCUT2D eigenvalue weighted by Crippen LogP contribution is 2.14. The molecule has 2 heterocycles. The van der Waals surface area contributed by atoms with Crippen LogP contribution in [-0.2, 0) is 0 Å². The molecule has 0 saturated carbocycles. The predicted molar refractivity (Wildman–Crippen MR) is 61.1 cm³/mol. The molecule has 1 fully saturated rings. The van der Waals surface area contributed by atoms with Crippen LogP contribution >= 0.6 is 0 Å². The Labute approximate surface area is 90.7 Å². The van der Waals surface area contributed by atoms with Crippen LogP contribution in [0.1, 0.15) is 19.0 Å². The first-order chi connectivity index (χ1) is 7.31. The molecule has 1 aromatic heterocycles. The average Bonchev–Trinajstić information content (AvgIpc) is 2.29. The fraction of sp³-hybridized carbons (Fsp3) is 0.636. The van der Waals surface area contributed by atoms with Gasteiger partial charge in [0.15, 0.2) is 0 Å². The molecule has 15 heavy (non-hydrogen) atoms. The van der Waals surface area contributed by atoms with Crippen molar-refractivity contribution in [2.45, 2.75) is 26.3 Å². The number of hydrogen-bond donors (Lipinski definition) is 1. The molecule has 1 unspecified atom stereocenters. The molecule has 2 rings (SSSR count). The van der Waals surface area contributed by atoms with E-state index in [1.54, 1.807) is 0 Å². The van der Waals surface area contributed by atoms with Gasteiger partial charge in [-0.3, -0.25) is 0 Å². The second kappa shape index (κ2) is 4.57. The van der Waals surface area contributed by atoms with E-state index in [1.165, 1.54) is 0 Å². The first-order valence-electron chi connectivity index (χ1n) is 5.58. The molecular formula is C11H18N4. The van der Waals surface area contributed by atoms with Crippen molar-refractivity contribution in [3.05, 3.63) is 18.0 Å². The van der Waals surface area contributed by atoms with Crippen molar-refractivity contribution >= 4 is 5.95 Å². The zero-order chi connectivity index (χ0) is 10.7. The van der Waals surface area contributed by atoms with Gasteiger partial charge in [-0.05, 0) is 19.4 Å². The van der Waals surface area contributed by atoms with Gasteiger partial charge in [0.1, 0.15) is 0 Å². The Balaban J connectivity index is 2.20. The minimum atomic E-state index is 0.528. The summed E-state index contributed by atoms with van der Waals surface area (Å²) in [6.45, 7) is 7.28. The average molecular weight is 206 g/mol. The van der Waals surface area contributed by atoms with Gasteiger partial charge >= 0.3 is 0 Å². The van der Waals surface area contributed by atoms with E-state index >= 15 is 0 Å². The monoisotopic (exact) mass is 206 g/mol. The van der Waals surface area contributed by atoms with Gasteiger partial charge in [0, 0.05) is 37.6 Å². The third kappa shape index (κ3) is 2.26. The number of hydrogen-bond acceptors (Lipinski definition) is 4. The van der Waals surface area contributed by atoms with Crippen molar-refractivity contribution in [3.8, 4) is 0 Å². The summed E-state index contributed by atoms with van der Waals surface area (Å²) in [6, 6.07) is 2.47. The van der Waals surface area contributed by atoms with Crippen molar-refractivity contribution in [1.29, 1.82) is 0 Å². The molecule has 4 nitrogen and oxygen atoms in total. The lowest BCUT2D eigenvalue weighted by molar-refractivity contribution is 0.459. The molecular weight excluding hydrogens is 188 g/mol. The Morgan fingerprint density at radius 2 is 2.47 bits per heavy atom. The van der Waals surface area contributed by atoms with Crippen LogP contribution in [0.5, 0.6) is 0 Å². The summed E-state index contributed by atoms with van der Waals surface area (Å²) in [5.41, 5.74) is 1.04. The summed E-state index contributed by atoms with van der Waals surface area (Å²) >= 11 is 0. The minimum absolute atomic E-state index is 0.528. The van der Waals surface area contributed by atoms with E-state index in [1.807, 2.05) is 19.2 Å². The fourth-order valence-corrected chi connectivity index (χ4v) is 1.96. The molecule has 4 heteroatoms. The van der Waals surface area contributed by atoms with Gasteiger partial charge in [-0.2, -0.15) is 0 Å². The molecule has 0 aliphatic carbocycles. The molecule has 1 aliphatic rings. The standard InChI is InChI=1S/C11H18N4/c1-3-10-8-12-6-7-15(10)11-13-5-4-9(2)14-11/h4-5,10,12H,3,6-8H2,1-2H3. The summed E-state index contributed by atoms with van der Waals surface area (Å²) in [7, 11) is 0. The first-order valence-corrected chi connectivity index (χ1v) is 5.58. The molecule has 1 atom stereocenters. The number of nitrogens with zero attached hydrogens (tertiary/aromatic N) is 3. The second-order valence-electron chi connectivity index (χ2n) is 3.96. The summed E-state index contributed by atoms with van der Waals surface area (Å²) in [4.78, 5) is 11.1. The molecule has 1 aromatic rings. The van der Waals surface area contributed by atoms with Gasteiger partial charge in [-0.1, -0.05) is 6.92 Å². The van der Waals surface area contributed by atoms with Crippen molar-refractivity contribution in [2.24, 2.45) is 0 Å². The van der Waals surface area contributed by atoms with Gasteiger partial charge in [0.25, 0.3) is 0 Å². The van der Waals surface area contributed by atoms with Crippen LogP contribution in [0.25, 0.3) is 0 Å². The maximum atomic E-state index is 4.48. The van der Waals surface area contributed by atoms with Crippen molar-refractivity contribution < 1.29 is 0 Å². The molecule has 1 N–H and O–H groups in total. The summed E-state index contributed by atoms with van der Waals surface area (Å²) in [5.74, 6) is 0.878. The third-order valence-corrected chi connectivity index (χ3v) is 2.86. The zero-order valence-electron chi connectivity index (χ0n) is 9.40. The van der Waals surface area contributed by atoms with Crippen molar-refractivity contribution in [1.82, 2.24) is 15.3 Å². The van der Waals surface area contributed by atoms with Gasteiger partial charge in [0.05, 0.1) is 0 Å². The van der Waals surface area contributed by atoms with E-state index < -0.39 is 0 Å². The SMILES string of the molecule is CCC1CNCCN1c1nccc(C)n1. The van der Waals surface area contributed by atoms with Crippen LogP contribution in [0.3, 0.4) is 0 Å². The maximum Gasteiger partial charge on any atom is 0.225 e. The first kappa shape index (κ1) is 10.4. The fourth-order valence-electron chi connectivity index (χ4n) is 1.96. The Morgan fingerprint density at radius 1 is 1.60 bits per heavy atom. The summed E-state index contributed by atoms with van der Waals surface area (Å²) < 4.78 is 0. The largest absolute Gasteiger partial charge is 0.335 e. The molecule has 1 saturated heterocycles. The molecule has 1 aliphatic heterocycles. The van der Waals surface area contributed by atoms with Crippen LogP contribution in [0.2, 0.25) is 0 Å². The Hall–Kier alpha value is -1.16. The van der Waals surface area contributed by atoms with E-state index in [2.05, 4.69) is 27.1 Å². The highest BCUT2D eigenvalue weighted by Gasteiger charge is 2.22. The van der Waals surface area contributed by atoms with E-state index in [0.29, 0.717) is 6.04 Å². The Kier molecular flexibility index (Phi) is 3.16. The van der Waals surface area contributed by atoms with Gasteiger partial charge in [-0.25, -0.2) is 9.97 Å². The van der Waals surface area contributed by atoms with Crippen LogP contribution in [0.15, 0.2) is 12.3 Å². The predicted octanol–water partition coefficient (Wildman–Crippen LogP) is 0.973. The number of aromatic nitrogens is 2. The number of piperazine rings is 1. The zero-order valence-corrected chi connectivity index (χ0v) is 9.40. The van der Waals surface area contributed by atoms with Gasteiger partial charge < -0.3 is 10.2 Å². The van der Waals surface area contributed by atoms with Crippen LogP contribution in [0.4, 0.5) is 5.95 Å². The van der Waals surface area contributed by atoms with Crippen LogP contribution in [-0.4, -0.2) is 35.6 Å². The van der Waals surface area contributed by atoms with E-state index in [-0.39, 0.29) is 0 Å². The van der Waals surface area contributed by atoms with Crippen LogP contribution < -0.4 is 10.2 Å². The third-order valence-electron chi connectivity index (χ3n) is 2.86. The highest BCUT2D eigenvalue weighted by atomic mass is 15.3. The minimum Gasteiger partial charge on any atom is -0.335 e. The van der Waals surface area contributed by atoms with Crippen molar-refractivity contribution in [3.63, 3.8) is 0 Å². The Bertz CT molecular complexity index is 326. The van der Waals surface area contributed by atoms with Crippen LogP contribution in [0, 0.1) is 6.92 Å². The maximum absolute atomic E-state index is 4.48. The molecule has 0 bridgehead atoms. The van der Waals surface area contributed by atoms with Gasteiger partial charge in [-0.15, -0.1) is 0 Å². The number of anilines is 1. The van der Waals surface area contributed by atoms with E-state index in [4.69, 9.17) is 0 Å². The number of nitrogens with one attached hydrogen (secondary N) is 1. The molecule has 0 amide bonds. The van der Waals surface area contributed by atoms with Crippen molar-refractivity contribution in [2.75, 3.05) is 24.5 Å². The highest BCUT2D eigenvalue weighted by molar-refractivity contribution is 5.33. The number of aryl methyl sites for hydroxylation is 1. The van der Waals surface area contributed by atoms with Gasteiger partial charge in [0.2, 0.25) is 5.95 Å². The summed E-state index contributed by atoms with van der Waals surface area (Å²) in [6.07, 6.45) is 2.97. The lowest BCUT2D eigenvalue weighted by Crippen LogP contribution is -2.51. The molecule has 0 aromatic carbocycles. The molecule has 82 valence electrons. The topological polar surface area (TPSA) is 41.0 Å². The quantitative estimate of drug-likeness (QED) is 0.783. The smallest absolute Gasteiger partial charge is 0.225 e. The molecule has 0 radical (unpaired) electrons. The van der Waals surface area contributed by atoms with E-state index in [0.717, 1.165) is 37.7 Å². The molecule has 0 spiro atoms. The number of rotatable bonds is 2. The lowest BCUT2D eigenvalue weighted by atomic mass is 10.1. The van der Waals surface area contributed by atoms with E-state index in [9.17, 15) is 0 Å². The summed E-state index contributed by atoms with van der Waals surface area (Å²) in [5, 5.41) is 3.40. The lowest BCUT2D eigenvalue weighted by Gasteiger charge is -2.35. The second-order valence-corrected chi connectivity index (χ2v) is 3.96. The normalized spacial score (nSPS) is 21.7. The Morgan fingerprint density at radius 3 is 3.20 bits per heavy atom.